The zero-order valence-electron chi connectivity index (χ0n) is 7.38. The summed E-state index contributed by atoms with van der Waals surface area (Å²) >= 11 is 0. The van der Waals surface area contributed by atoms with Crippen LogP contribution in [0.15, 0.2) is 0 Å². The minimum atomic E-state index is -0.493. The van der Waals surface area contributed by atoms with E-state index in [1.807, 2.05) is 0 Å². The molecule has 0 saturated carbocycles. The van der Waals surface area contributed by atoms with Crippen molar-refractivity contribution in [1.29, 1.82) is 0 Å². The van der Waals surface area contributed by atoms with Crippen molar-refractivity contribution in [3.05, 3.63) is 0 Å². The zero-order valence-corrected chi connectivity index (χ0v) is 7.38. The molecule has 0 spiro atoms. The van der Waals surface area contributed by atoms with Crippen LogP contribution in [0.3, 0.4) is 0 Å². The van der Waals surface area contributed by atoms with Gasteiger partial charge in [-0.3, -0.25) is 4.79 Å². The molecule has 0 aliphatic heterocycles. The summed E-state index contributed by atoms with van der Waals surface area (Å²) < 4.78 is 4.74. The van der Waals surface area contributed by atoms with E-state index in [0.29, 0.717) is 19.3 Å². The molecule has 3 nitrogen and oxygen atoms in total. The number of carbonyl (C=O) groups is 1. The Hall–Kier alpha value is -0.850. The molecule has 0 rings (SSSR count). The molecule has 0 fully saturated rings. The van der Waals surface area contributed by atoms with E-state index < -0.39 is 6.04 Å². The molecule has 0 heterocycles. The van der Waals surface area contributed by atoms with Crippen molar-refractivity contribution < 1.29 is 9.53 Å². The van der Waals surface area contributed by atoms with E-state index in [1.165, 1.54) is 7.11 Å². The second-order valence-electron chi connectivity index (χ2n) is 2.59. The fraction of sp³-hybridized carbons (Fsp3) is 0.667. The average molecular weight is 169 g/mol. The topological polar surface area (TPSA) is 52.3 Å². The van der Waals surface area contributed by atoms with Gasteiger partial charge in [-0.1, -0.05) is 0 Å². The molecular formula is C9H15NO2. The van der Waals surface area contributed by atoms with Gasteiger partial charge in [0, 0.05) is 20.0 Å². The third-order valence-electron chi connectivity index (χ3n) is 1.50. The largest absolute Gasteiger partial charge is 0.383 e. The zero-order chi connectivity index (χ0) is 9.40. The molecule has 0 aromatic heterocycles. The summed E-state index contributed by atoms with van der Waals surface area (Å²) in [5, 5.41) is 0. The minimum absolute atomic E-state index is 0.0205. The number of unbranched alkanes of at least 4 members (excludes halogenated alkanes) is 1. The quantitative estimate of drug-likeness (QED) is 0.460. The molecule has 0 aromatic rings. The Labute approximate surface area is 73.3 Å². The number of methoxy groups -OCH3 is 1. The molecule has 1 atom stereocenters. The van der Waals surface area contributed by atoms with Crippen LogP contribution in [0.1, 0.15) is 19.3 Å². The fourth-order valence-corrected chi connectivity index (χ4v) is 0.823. The number of hydrogen-bond donors (Lipinski definition) is 1. The first-order valence-corrected chi connectivity index (χ1v) is 3.93. The van der Waals surface area contributed by atoms with Crippen LogP contribution in [0.2, 0.25) is 0 Å². The van der Waals surface area contributed by atoms with Crippen LogP contribution in [0.25, 0.3) is 0 Å². The van der Waals surface area contributed by atoms with Gasteiger partial charge in [0.2, 0.25) is 0 Å². The highest BCUT2D eigenvalue weighted by molar-refractivity contribution is 5.83. The van der Waals surface area contributed by atoms with E-state index in [2.05, 4.69) is 5.92 Å². The number of nitrogens with two attached hydrogens (primary N) is 1. The predicted octanol–water partition coefficient (Wildman–Crippen LogP) is 0.333. The summed E-state index contributed by atoms with van der Waals surface area (Å²) in [6, 6.07) is -0.493. The Morgan fingerprint density at radius 3 is 2.92 bits per heavy atom. The fourth-order valence-electron chi connectivity index (χ4n) is 0.823. The van der Waals surface area contributed by atoms with Crippen molar-refractivity contribution in [3.63, 3.8) is 0 Å². The summed E-state index contributed by atoms with van der Waals surface area (Å²) in [6.07, 6.45) is 6.83. The van der Waals surface area contributed by atoms with Gasteiger partial charge in [0.15, 0.2) is 5.78 Å². The van der Waals surface area contributed by atoms with Crippen LogP contribution in [-0.4, -0.2) is 25.5 Å². The van der Waals surface area contributed by atoms with E-state index in [4.69, 9.17) is 16.9 Å². The highest BCUT2D eigenvalue weighted by Crippen LogP contribution is 1.97. The monoisotopic (exact) mass is 169 g/mol. The van der Waals surface area contributed by atoms with Gasteiger partial charge >= 0.3 is 0 Å². The number of ether oxygens (including phenoxy) is 1. The van der Waals surface area contributed by atoms with Crippen molar-refractivity contribution in [2.24, 2.45) is 5.73 Å². The molecule has 68 valence electrons. The van der Waals surface area contributed by atoms with Crippen molar-refractivity contribution in [2.45, 2.75) is 25.3 Å². The molecule has 0 aromatic carbocycles. The molecule has 0 aliphatic rings. The highest BCUT2D eigenvalue weighted by atomic mass is 16.5. The van der Waals surface area contributed by atoms with Crippen molar-refractivity contribution in [1.82, 2.24) is 0 Å². The molecule has 0 bridgehead atoms. The predicted molar refractivity (Wildman–Crippen MR) is 47.5 cm³/mol. The van der Waals surface area contributed by atoms with Gasteiger partial charge in [-0.05, 0) is 6.42 Å². The van der Waals surface area contributed by atoms with E-state index in [1.54, 1.807) is 0 Å². The Morgan fingerprint density at radius 2 is 2.42 bits per heavy atom. The Kier molecular flexibility index (Phi) is 6.35. The second kappa shape index (κ2) is 6.84. The van der Waals surface area contributed by atoms with Gasteiger partial charge in [0.25, 0.3) is 0 Å². The number of Topliss-reactive ketones (excluding diaryl/α,β-unsaturated/α-hetero) is 1. The standard InChI is InChI=1S/C9H15NO2/c1-3-4-5-6-9(11)8(10)7-12-2/h1,8H,4-7,10H2,2H3. The smallest absolute Gasteiger partial charge is 0.151 e. The lowest BCUT2D eigenvalue weighted by Crippen LogP contribution is -2.34. The van der Waals surface area contributed by atoms with Gasteiger partial charge in [-0.2, -0.15) is 0 Å². The summed E-state index contributed by atoms with van der Waals surface area (Å²) in [6.45, 7) is 0.287. The molecule has 0 amide bonds. The molecule has 12 heavy (non-hydrogen) atoms. The third kappa shape index (κ3) is 4.89. The lowest BCUT2D eigenvalue weighted by molar-refractivity contribution is -0.121. The van der Waals surface area contributed by atoms with Crippen LogP contribution < -0.4 is 5.73 Å². The van der Waals surface area contributed by atoms with Gasteiger partial charge in [0.05, 0.1) is 12.6 Å². The summed E-state index contributed by atoms with van der Waals surface area (Å²) in [7, 11) is 1.52. The minimum Gasteiger partial charge on any atom is -0.383 e. The van der Waals surface area contributed by atoms with Crippen LogP contribution in [-0.2, 0) is 9.53 Å². The van der Waals surface area contributed by atoms with E-state index in [0.717, 1.165) is 0 Å². The van der Waals surface area contributed by atoms with Crippen LogP contribution in [0, 0.1) is 12.3 Å². The average Bonchev–Trinajstić information content (AvgIpc) is 2.05. The Balaban J connectivity index is 3.51. The number of carbonyl (C=O) groups excluding carboxylic acids is 1. The molecule has 2 N–H and O–H groups in total. The second-order valence-corrected chi connectivity index (χ2v) is 2.59. The van der Waals surface area contributed by atoms with Crippen molar-refractivity contribution >= 4 is 5.78 Å². The van der Waals surface area contributed by atoms with Crippen molar-refractivity contribution in [3.8, 4) is 12.3 Å². The van der Waals surface area contributed by atoms with E-state index in [-0.39, 0.29) is 12.4 Å². The Bertz CT molecular complexity index is 172. The van der Waals surface area contributed by atoms with Gasteiger partial charge in [0.1, 0.15) is 0 Å². The molecule has 0 saturated heterocycles. The molecule has 0 aliphatic carbocycles. The van der Waals surface area contributed by atoms with Gasteiger partial charge in [-0.25, -0.2) is 0 Å². The maximum Gasteiger partial charge on any atom is 0.151 e. The number of hydrogen-bond acceptors (Lipinski definition) is 3. The third-order valence-corrected chi connectivity index (χ3v) is 1.50. The lowest BCUT2D eigenvalue weighted by atomic mass is 10.1. The maximum absolute atomic E-state index is 11.1. The molecule has 3 heteroatoms. The van der Waals surface area contributed by atoms with Crippen molar-refractivity contribution in [2.75, 3.05) is 13.7 Å². The van der Waals surface area contributed by atoms with Crippen LogP contribution >= 0.6 is 0 Å². The normalized spacial score (nSPS) is 12.1. The van der Waals surface area contributed by atoms with Gasteiger partial charge < -0.3 is 10.5 Å². The first-order valence-electron chi connectivity index (χ1n) is 3.93. The Morgan fingerprint density at radius 1 is 1.75 bits per heavy atom. The van der Waals surface area contributed by atoms with Gasteiger partial charge in [-0.15, -0.1) is 12.3 Å². The summed E-state index contributed by atoms with van der Waals surface area (Å²) in [5.74, 6) is 2.49. The summed E-state index contributed by atoms with van der Waals surface area (Å²) in [5.41, 5.74) is 5.48. The van der Waals surface area contributed by atoms with E-state index in [9.17, 15) is 4.79 Å². The van der Waals surface area contributed by atoms with Crippen LogP contribution in [0.4, 0.5) is 0 Å². The maximum atomic E-state index is 11.1. The number of ketones is 1. The van der Waals surface area contributed by atoms with E-state index >= 15 is 0 Å². The SMILES string of the molecule is C#CCCCC(=O)C(N)COC. The lowest BCUT2D eigenvalue weighted by Gasteiger charge is -2.07. The first-order chi connectivity index (χ1) is 5.72. The number of terminal acetylenes is 1. The van der Waals surface area contributed by atoms with Crippen LogP contribution in [0.5, 0.6) is 0 Å². The molecule has 0 radical (unpaired) electrons. The number of rotatable bonds is 6. The molecule has 1 unspecified atom stereocenters. The summed E-state index contributed by atoms with van der Waals surface area (Å²) in [4.78, 5) is 11.1. The highest BCUT2D eigenvalue weighted by Gasteiger charge is 2.11. The molecular weight excluding hydrogens is 154 g/mol. The first kappa shape index (κ1) is 11.2.